The first-order valence-corrected chi connectivity index (χ1v) is 9.23. The van der Waals surface area contributed by atoms with Crippen LogP contribution in [-0.4, -0.2) is 19.5 Å². The fraction of sp³-hybridized carbons (Fsp3) is 0.450. The molecule has 1 aliphatic rings. The number of imidazole rings is 1. The number of hydrogen-bond acceptors (Lipinski definition) is 4. The molecule has 1 N–H and O–H groups in total. The van der Waals surface area contributed by atoms with Crippen LogP contribution in [0.2, 0.25) is 0 Å². The number of nitrogens with zero attached hydrogens (tertiary/aromatic N) is 4. The molecule has 0 amide bonds. The van der Waals surface area contributed by atoms with Crippen molar-refractivity contribution in [2.45, 2.75) is 51.5 Å². The summed E-state index contributed by atoms with van der Waals surface area (Å²) in [7, 11) is 2.00. The van der Waals surface area contributed by atoms with Gasteiger partial charge in [-0.05, 0) is 36.5 Å². The van der Waals surface area contributed by atoms with Crippen molar-refractivity contribution in [3.63, 3.8) is 0 Å². The zero-order chi connectivity index (χ0) is 17.2. The molecule has 0 unspecified atom stereocenters. The second kappa shape index (κ2) is 6.82. The summed E-state index contributed by atoms with van der Waals surface area (Å²) >= 11 is 0. The molecule has 3 aromatic rings. The Morgan fingerprint density at radius 2 is 1.92 bits per heavy atom. The van der Waals surface area contributed by atoms with E-state index >= 15 is 0 Å². The Hall–Kier alpha value is -2.43. The fourth-order valence-electron chi connectivity index (χ4n) is 3.79. The van der Waals surface area contributed by atoms with Gasteiger partial charge in [-0.1, -0.05) is 19.8 Å². The fourth-order valence-corrected chi connectivity index (χ4v) is 3.79. The average Bonchev–Trinajstić information content (AvgIpc) is 3.30. The van der Waals surface area contributed by atoms with Crippen molar-refractivity contribution in [2.75, 3.05) is 5.32 Å². The monoisotopic (exact) mass is 335 g/mol. The van der Waals surface area contributed by atoms with Gasteiger partial charge in [0.2, 0.25) is 0 Å². The van der Waals surface area contributed by atoms with E-state index in [1.54, 1.807) is 0 Å². The van der Waals surface area contributed by atoms with Crippen LogP contribution in [-0.2, 0) is 20.0 Å². The molecule has 0 aliphatic heterocycles. The molecule has 3 heterocycles. The second-order valence-corrected chi connectivity index (χ2v) is 6.98. The second-order valence-electron chi connectivity index (χ2n) is 6.98. The third kappa shape index (κ3) is 3.23. The maximum atomic E-state index is 4.76. The summed E-state index contributed by atoms with van der Waals surface area (Å²) in [6, 6.07) is 4.37. The van der Waals surface area contributed by atoms with Gasteiger partial charge in [0.15, 0.2) is 0 Å². The molecule has 0 bridgehead atoms. The Morgan fingerprint density at radius 3 is 2.72 bits per heavy atom. The normalized spacial score (nSPS) is 15.1. The predicted octanol–water partition coefficient (Wildman–Crippen LogP) is 4.20. The van der Waals surface area contributed by atoms with Crippen LogP contribution in [0.25, 0.3) is 11.0 Å². The van der Waals surface area contributed by atoms with Crippen LogP contribution in [0, 0.1) is 0 Å². The van der Waals surface area contributed by atoms with Crippen molar-refractivity contribution < 1.29 is 0 Å². The molecule has 5 heteroatoms. The van der Waals surface area contributed by atoms with Crippen LogP contribution in [0.4, 0.5) is 5.82 Å². The number of rotatable bonds is 5. The van der Waals surface area contributed by atoms with Crippen molar-refractivity contribution >= 4 is 16.9 Å². The lowest BCUT2D eigenvalue weighted by atomic mass is 9.98. The molecule has 0 atom stereocenters. The van der Waals surface area contributed by atoms with Crippen LogP contribution in [0.5, 0.6) is 0 Å². The van der Waals surface area contributed by atoms with E-state index in [0.717, 1.165) is 29.8 Å². The molecule has 1 aliphatic carbocycles. The maximum Gasteiger partial charge on any atom is 0.128 e. The molecule has 0 aromatic carbocycles. The van der Waals surface area contributed by atoms with Gasteiger partial charge in [0.1, 0.15) is 11.3 Å². The predicted molar refractivity (Wildman–Crippen MR) is 101 cm³/mol. The lowest BCUT2D eigenvalue weighted by Crippen LogP contribution is -2.07. The molecule has 5 nitrogen and oxygen atoms in total. The summed E-state index contributed by atoms with van der Waals surface area (Å²) in [6.07, 6.45) is 12.0. The third-order valence-electron chi connectivity index (χ3n) is 5.33. The molecule has 0 saturated heterocycles. The molecule has 1 fully saturated rings. The van der Waals surface area contributed by atoms with Gasteiger partial charge in [-0.25, -0.2) is 9.97 Å². The van der Waals surface area contributed by atoms with Crippen LogP contribution < -0.4 is 5.32 Å². The minimum absolute atomic E-state index is 0.668. The lowest BCUT2D eigenvalue weighted by Gasteiger charge is -2.14. The third-order valence-corrected chi connectivity index (χ3v) is 5.33. The van der Waals surface area contributed by atoms with E-state index in [1.807, 2.05) is 30.2 Å². The van der Waals surface area contributed by atoms with Gasteiger partial charge in [-0.2, -0.15) is 0 Å². The number of nitrogens with one attached hydrogen (secondary N) is 1. The number of aromatic nitrogens is 4. The highest BCUT2D eigenvalue weighted by Gasteiger charge is 2.19. The topological polar surface area (TPSA) is 55.6 Å². The lowest BCUT2D eigenvalue weighted by molar-refractivity contribution is 0.693. The van der Waals surface area contributed by atoms with Crippen LogP contribution in [0.15, 0.2) is 30.9 Å². The molecule has 3 aromatic heterocycles. The Kier molecular flexibility index (Phi) is 4.38. The standard InChI is InChI=1S/C20H25N5/c1-3-14-8-17(15-6-4-5-7-15)21-10-16(14)11-22-20-9-19-18(12-23-20)24-13-25(19)2/h8-10,12-13,15H,3-7,11H2,1-2H3,(H,22,23). The summed E-state index contributed by atoms with van der Waals surface area (Å²) in [5.41, 5.74) is 5.95. The first kappa shape index (κ1) is 16.1. The average molecular weight is 335 g/mol. The highest BCUT2D eigenvalue weighted by Crippen LogP contribution is 2.33. The summed E-state index contributed by atoms with van der Waals surface area (Å²) in [5.74, 6) is 1.54. The number of anilines is 1. The zero-order valence-electron chi connectivity index (χ0n) is 15.0. The molecular formula is C20H25N5. The van der Waals surface area contributed by atoms with E-state index < -0.39 is 0 Å². The summed E-state index contributed by atoms with van der Waals surface area (Å²) < 4.78 is 2.01. The summed E-state index contributed by atoms with van der Waals surface area (Å²) in [5, 5.41) is 3.44. The van der Waals surface area contributed by atoms with Gasteiger partial charge in [-0.15, -0.1) is 0 Å². The smallest absolute Gasteiger partial charge is 0.128 e. The van der Waals surface area contributed by atoms with Gasteiger partial charge in [0, 0.05) is 37.5 Å². The van der Waals surface area contributed by atoms with Gasteiger partial charge in [0.25, 0.3) is 0 Å². The number of aryl methyl sites for hydroxylation is 2. The largest absolute Gasteiger partial charge is 0.366 e. The molecule has 0 radical (unpaired) electrons. The SMILES string of the molecule is CCc1cc(C2CCCC2)ncc1CNc1cc2c(cn1)ncn2C. The van der Waals surface area contributed by atoms with Gasteiger partial charge in [0.05, 0.1) is 18.0 Å². The van der Waals surface area contributed by atoms with Gasteiger partial charge >= 0.3 is 0 Å². The number of hydrogen-bond donors (Lipinski definition) is 1. The minimum Gasteiger partial charge on any atom is -0.366 e. The van der Waals surface area contributed by atoms with Crippen molar-refractivity contribution in [3.05, 3.63) is 47.7 Å². The quantitative estimate of drug-likeness (QED) is 0.759. The van der Waals surface area contributed by atoms with E-state index in [9.17, 15) is 0 Å². The van der Waals surface area contributed by atoms with Crippen molar-refractivity contribution in [3.8, 4) is 0 Å². The van der Waals surface area contributed by atoms with Crippen LogP contribution in [0.3, 0.4) is 0 Å². The first-order valence-electron chi connectivity index (χ1n) is 9.23. The highest BCUT2D eigenvalue weighted by molar-refractivity contribution is 5.77. The summed E-state index contributed by atoms with van der Waals surface area (Å²) in [6.45, 7) is 2.97. The van der Waals surface area contributed by atoms with E-state index in [1.165, 1.54) is 42.5 Å². The highest BCUT2D eigenvalue weighted by atomic mass is 15.0. The first-order chi connectivity index (χ1) is 12.2. The Bertz CT molecular complexity index is 877. The zero-order valence-corrected chi connectivity index (χ0v) is 15.0. The van der Waals surface area contributed by atoms with E-state index in [0.29, 0.717) is 5.92 Å². The summed E-state index contributed by atoms with van der Waals surface area (Å²) in [4.78, 5) is 13.5. The Labute approximate surface area is 148 Å². The molecule has 25 heavy (non-hydrogen) atoms. The van der Waals surface area contributed by atoms with Crippen molar-refractivity contribution in [1.82, 2.24) is 19.5 Å². The molecular weight excluding hydrogens is 310 g/mol. The van der Waals surface area contributed by atoms with E-state index in [2.05, 4.69) is 34.5 Å². The van der Waals surface area contributed by atoms with Crippen molar-refractivity contribution in [2.24, 2.45) is 7.05 Å². The number of pyridine rings is 2. The Morgan fingerprint density at radius 1 is 1.08 bits per heavy atom. The van der Waals surface area contributed by atoms with Gasteiger partial charge < -0.3 is 9.88 Å². The van der Waals surface area contributed by atoms with Crippen molar-refractivity contribution in [1.29, 1.82) is 0 Å². The minimum atomic E-state index is 0.668. The molecule has 130 valence electrons. The number of fused-ring (bicyclic) bond motifs is 1. The molecule has 1 saturated carbocycles. The maximum absolute atomic E-state index is 4.76. The Balaban J connectivity index is 1.51. The van der Waals surface area contributed by atoms with Crippen LogP contribution in [0.1, 0.15) is 55.3 Å². The van der Waals surface area contributed by atoms with E-state index in [4.69, 9.17) is 4.98 Å². The van der Waals surface area contributed by atoms with E-state index in [-0.39, 0.29) is 0 Å². The van der Waals surface area contributed by atoms with Crippen LogP contribution >= 0.6 is 0 Å². The van der Waals surface area contributed by atoms with Gasteiger partial charge in [-0.3, -0.25) is 4.98 Å². The molecule has 4 rings (SSSR count). The molecule has 0 spiro atoms.